The van der Waals surface area contributed by atoms with Crippen LogP contribution in [0, 0.1) is 0 Å². The van der Waals surface area contributed by atoms with Crippen molar-refractivity contribution in [2.45, 2.75) is 109 Å². The molecule has 0 aromatic rings. The van der Waals surface area contributed by atoms with Gasteiger partial charge in [-0.05, 0) is 19.3 Å². The Balaban J connectivity index is 3.69. The second-order valence-corrected chi connectivity index (χ2v) is 8.82. The Labute approximate surface area is 161 Å². The second kappa shape index (κ2) is 16.5. The van der Waals surface area contributed by atoms with E-state index in [1.165, 1.54) is 39.2 Å². The minimum absolute atomic E-state index is 0.120. The molecule has 0 amide bonds. The van der Waals surface area contributed by atoms with Gasteiger partial charge in [0.25, 0.3) is 10.1 Å². The largest absolute Gasteiger partial charge is 0.469 e. The van der Waals surface area contributed by atoms with Gasteiger partial charge in [-0.3, -0.25) is 8.98 Å². The molecule has 0 aromatic carbocycles. The lowest BCUT2D eigenvalue weighted by Crippen LogP contribution is -2.17. The van der Waals surface area contributed by atoms with E-state index >= 15 is 0 Å². The van der Waals surface area contributed by atoms with E-state index in [0.29, 0.717) is 6.42 Å². The fourth-order valence-electron chi connectivity index (χ4n) is 3.09. The molecule has 5 nitrogen and oxygen atoms in total. The van der Waals surface area contributed by atoms with E-state index in [-0.39, 0.29) is 12.1 Å². The summed E-state index contributed by atoms with van der Waals surface area (Å²) >= 11 is 0. The number of carbonyl (C=O) groups is 1. The number of hydrogen-bond acceptors (Lipinski definition) is 5. The van der Waals surface area contributed by atoms with Crippen molar-refractivity contribution in [3.05, 3.63) is 0 Å². The van der Waals surface area contributed by atoms with E-state index in [1.807, 2.05) is 0 Å². The van der Waals surface area contributed by atoms with E-state index in [1.54, 1.807) is 0 Å². The third-order valence-electron chi connectivity index (χ3n) is 4.58. The predicted molar refractivity (Wildman–Crippen MR) is 107 cm³/mol. The number of esters is 1. The minimum atomic E-state index is -3.37. The summed E-state index contributed by atoms with van der Waals surface area (Å²) in [4.78, 5) is 11.0. The number of ether oxygens (including phenoxy) is 1. The Kier molecular flexibility index (Phi) is 16.2. The third-order valence-corrected chi connectivity index (χ3v) is 5.20. The molecule has 0 heterocycles. The summed E-state index contributed by atoms with van der Waals surface area (Å²) in [5.74, 6) is -0.120. The molecule has 1 atom stereocenters. The molecule has 0 radical (unpaired) electrons. The zero-order chi connectivity index (χ0) is 19.7. The van der Waals surface area contributed by atoms with Crippen LogP contribution in [0.1, 0.15) is 103 Å². The van der Waals surface area contributed by atoms with Gasteiger partial charge >= 0.3 is 5.97 Å². The first kappa shape index (κ1) is 25.4. The highest BCUT2D eigenvalue weighted by Gasteiger charge is 2.15. The van der Waals surface area contributed by atoms with Gasteiger partial charge in [-0.1, -0.05) is 77.6 Å². The van der Waals surface area contributed by atoms with E-state index < -0.39 is 10.1 Å². The fourth-order valence-corrected chi connectivity index (χ4v) is 3.78. The molecule has 0 spiro atoms. The average Bonchev–Trinajstić information content (AvgIpc) is 2.58. The molecule has 0 fully saturated rings. The molecule has 1 unspecified atom stereocenters. The monoisotopic (exact) mass is 392 g/mol. The summed E-state index contributed by atoms with van der Waals surface area (Å²) in [7, 11) is -1.94. The average molecular weight is 393 g/mol. The molecule has 6 heteroatoms. The zero-order valence-electron chi connectivity index (χ0n) is 17.1. The van der Waals surface area contributed by atoms with Crippen molar-refractivity contribution in [2.24, 2.45) is 0 Å². The first-order valence-electron chi connectivity index (χ1n) is 10.3. The van der Waals surface area contributed by atoms with Crippen LogP contribution < -0.4 is 0 Å². The standard InChI is InChI=1S/C20H40O5S/c1-4-5-6-13-16-19(25-26(3,22)23)17-14-11-9-7-8-10-12-15-18-20(21)24-2/h19H,4-18H2,1-3H3. The van der Waals surface area contributed by atoms with E-state index in [2.05, 4.69) is 11.7 Å². The molecule has 0 aliphatic carbocycles. The lowest BCUT2D eigenvalue weighted by molar-refractivity contribution is -0.140. The van der Waals surface area contributed by atoms with Crippen molar-refractivity contribution in [1.29, 1.82) is 0 Å². The highest BCUT2D eigenvalue weighted by Crippen LogP contribution is 2.18. The molecular weight excluding hydrogens is 352 g/mol. The van der Waals surface area contributed by atoms with Crippen LogP contribution >= 0.6 is 0 Å². The van der Waals surface area contributed by atoms with Gasteiger partial charge in [-0.15, -0.1) is 0 Å². The summed E-state index contributed by atoms with van der Waals surface area (Å²) in [6, 6.07) is 0. The van der Waals surface area contributed by atoms with Crippen molar-refractivity contribution >= 4 is 16.1 Å². The van der Waals surface area contributed by atoms with Gasteiger partial charge in [0.2, 0.25) is 0 Å². The number of rotatable bonds is 18. The van der Waals surface area contributed by atoms with Crippen LogP contribution in [0.5, 0.6) is 0 Å². The van der Waals surface area contributed by atoms with Gasteiger partial charge in [0.1, 0.15) is 0 Å². The first-order chi connectivity index (χ1) is 12.4. The minimum Gasteiger partial charge on any atom is -0.469 e. The van der Waals surface area contributed by atoms with Gasteiger partial charge in [0.15, 0.2) is 0 Å². The Bertz CT molecular complexity index is 433. The van der Waals surface area contributed by atoms with Crippen LogP contribution in [0.15, 0.2) is 0 Å². The fraction of sp³-hybridized carbons (Fsp3) is 0.950. The maximum Gasteiger partial charge on any atom is 0.305 e. The number of methoxy groups -OCH3 is 1. The van der Waals surface area contributed by atoms with Gasteiger partial charge in [0.05, 0.1) is 19.5 Å². The SMILES string of the molecule is CCCCCCC(CCCCCCCCCCC(=O)OC)OS(C)(=O)=O. The molecular formula is C20H40O5S. The topological polar surface area (TPSA) is 69.7 Å². The van der Waals surface area contributed by atoms with E-state index in [4.69, 9.17) is 4.18 Å². The summed E-state index contributed by atoms with van der Waals surface area (Å²) in [5, 5.41) is 0. The molecule has 0 saturated heterocycles. The van der Waals surface area contributed by atoms with Crippen LogP contribution in [0.25, 0.3) is 0 Å². The number of hydrogen-bond donors (Lipinski definition) is 0. The van der Waals surface area contributed by atoms with Crippen LogP contribution in [0.2, 0.25) is 0 Å². The number of carbonyl (C=O) groups excluding carboxylic acids is 1. The van der Waals surface area contributed by atoms with Crippen molar-refractivity contribution in [1.82, 2.24) is 0 Å². The molecule has 0 saturated carbocycles. The molecule has 26 heavy (non-hydrogen) atoms. The molecule has 0 rings (SSSR count). The van der Waals surface area contributed by atoms with Gasteiger partial charge in [-0.25, -0.2) is 0 Å². The Morgan fingerprint density at radius 2 is 1.27 bits per heavy atom. The first-order valence-corrected chi connectivity index (χ1v) is 12.2. The van der Waals surface area contributed by atoms with Gasteiger partial charge in [0, 0.05) is 6.42 Å². The smallest absolute Gasteiger partial charge is 0.305 e. The third kappa shape index (κ3) is 18.2. The highest BCUT2D eigenvalue weighted by molar-refractivity contribution is 7.86. The molecule has 0 N–H and O–H groups in total. The van der Waals surface area contributed by atoms with Crippen LogP contribution in [0.4, 0.5) is 0 Å². The molecule has 0 aliphatic heterocycles. The van der Waals surface area contributed by atoms with Crippen LogP contribution in [-0.2, 0) is 23.8 Å². The molecule has 0 bridgehead atoms. The van der Waals surface area contributed by atoms with Gasteiger partial charge < -0.3 is 4.74 Å². The van der Waals surface area contributed by atoms with E-state index in [0.717, 1.165) is 64.0 Å². The Morgan fingerprint density at radius 3 is 1.73 bits per heavy atom. The second-order valence-electron chi connectivity index (χ2n) is 7.21. The lowest BCUT2D eigenvalue weighted by atomic mass is 10.0. The summed E-state index contributed by atoms with van der Waals surface area (Å²) in [6.07, 6.45) is 16.6. The van der Waals surface area contributed by atoms with Crippen molar-refractivity contribution in [2.75, 3.05) is 13.4 Å². The lowest BCUT2D eigenvalue weighted by Gasteiger charge is -2.16. The Morgan fingerprint density at radius 1 is 0.808 bits per heavy atom. The normalized spacial score (nSPS) is 12.9. The van der Waals surface area contributed by atoms with E-state index in [9.17, 15) is 13.2 Å². The van der Waals surface area contributed by atoms with Crippen LogP contribution in [-0.4, -0.2) is 33.9 Å². The molecule has 0 aliphatic rings. The Hall–Kier alpha value is -0.620. The summed E-state index contributed by atoms with van der Waals surface area (Å²) in [5.41, 5.74) is 0. The number of unbranched alkanes of at least 4 members (excludes halogenated alkanes) is 10. The predicted octanol–water partition coefficient (Wildman–Crippen LogP) is 5.38. The highest BCUT2D eigenvalue weighted by atomic mass is 32.2. The maximum atomic E-state index is 11.4. The quantitative estimate of drug-likeness (QED) is 0.178. The molecule has 156 valence electrons. The summed E-state index contributed by atoms with van der Waals surface area (Å²) < 4.78 is 32.7. The van der Waals surface area contributed by atoms with Crippen LogP contribution in [0.3, 0.4) is 0 Å². The molecule has 0 aromatic heterocycles. The van der Waals surface area contributed by atoms with Crippen molar-refractivity contribution in [3.8, 4) is 0 Å². The maximum absolute atomic E-state index is 11.4. The van der Waals surface area contributed by atoms with Gasteiger partial charge in [-0.2, -0.15) is 8.42 Å². The zero-order valence-corrected chi connectivity index (χ0v) is 17.9. The van der Waals surface area contributed by atoms with Crippen molar-refractivity contribution in [3.63, 3.8) is 0 Å². The van der Waals surface area contributed by atoms with Crippen molar-refractivity contribution < 1.29 is 22.1 Å². The summed E-state index contributed by atoms with van der Waals surface area (Å²) in [6.45, 7) is 2.17.